The van der Waals surface area contributed by atoms with Gasteiger partial charge in [0.05, 0.1) is 0 Å². The minimum Gasteiger partial charge on any atom is -0.335 e. The molecule has 5 heteroatoms. The highest BCUT2D eigenvalue weighted by Crippen LogP contribution is 2.19. The minimum atomic E-state index is 0.128. The zero-order chi connectivity index (χ0) is 17.6. The van der Waals surface area contributed by atoms with Crippen molar-refractivity contribution in [3.8, 4) is 0 Å². The minimum absolute atomic E-state index is 0.128. The van der Waals surface area contributed by atoms with Gasteiger partial charge in [-0.3, -0.25) is 4.90 Å². The molecule has 25 heavy (non-hydrogen) atoms. The second kappa shape index (κ2) is 8.68. The molecule has 1 N–H and O–H groups in total. The molecule has 2 saturated heterocycles. The molecule has 0 spiro atoms. The van der Waals surface area contributed by atoms with E-state index in [1.165, 1.54) is 5.56 Å². The zero-order valence-corrected chi connectivity index (χ0v) is 15.7. The maximum atomic E-state index is 12.8. The van der Waals surface area contributed by atoms with Gasteiger partial charge in [0.2, 0.25) is 0 Å². The number of piperidine rings is 1. The van der Waals surface area contributed by atoms with Crippen LogP contribution in [0.1, 0.15) is 31.7 Å². The predicted octanol–water partition coefficient (Wildman–Crippen LogP) is 2.39. The number of carbonyl (C=O) groups is 1. The van der Waals surface area contributed by atoms with Gasteiger partial charge in [0, 0.05) is 38.3 Å². The molecule has 3 rings (SSSR count). The summed E-state index contributed by atoms with van der Waals surface area (Å²) in [6, 6.07) is 11.4. The molecular formula is C20H32N4O. The largest absolute Gasteiger partial charge is 0.335 e. The first kappa shape index (κ1) is 18.2. The van der Waals surface area contributed by atoms with Crippen molar-refractivity contribution in [3.05, 3.63) is 35.9 Å². The molecule has 0 aliphatic carbocycles. The van der Waals surface area contributed by atoms with Gasteiger partial charge < -0.3 is 15.1 Å². The zero-order valence-electron chi connectivity index (χ0n) is 15.7. The van der Waals surface area contributed by atoms with E-state index in [9.17, 15) is 4.79 Å². The average molecular weight is 345 g/mol. The van der Waals surface area contributed by atoms with E-state index in [1.807, 2.05) is 4.90 Å². The number of likely N-dealkylation sites (tertiary alicyclic amines) is 2. The third-order valence-electron chi connectivity index (χ3n) is 5.58. The van der Waals surface area contributed by atoms with E-state index in [0.29, 0.717) is 12.1 Å². The van der Waals surface area contributed by atoms with Crippen molar-refractivity contribution in [2.75, 3.05) is 39.8 Å². The molecular weight excluding hydrogens is 312 g/mol. The van der Waals surface area contributed by atoms with Crippen molar-refractivity contribution in [2.24, 2.45) is 0 Å². The summed E-state index contributed by atoms with van der Waals surface area (Å²) < 4.78 is 0. The number of amides is 2. The third-order valence-corrected chi connectivity index (χ3v) is 5.58. The predicted molar refractivity (Wildman–Crippen MR) is 102 cm³/mol. The van der Waals surface area contributed by atoms with E-state index in [-0.39, 0.29) is 6.03 Å². The quantitative estimate of drug-likeness (QED) is 0.891. The highest BCUT2D eigenvalue weighted by atomic mass is 16.2. The van der Waals surface area contributed by atoms with E-state index < -0.39 is 0 Å². The van der Waals surface area contributed by atoms with Gasteiger partial charge in [0.25, 0.3) is 0 Å². The second-order valence-electron chi connectivity index (χ2n) is 7.48. The molecule has 1 atom stereocenters. The smallest absolute Gasteiger partial charge is 0.317 e. The Morgan fingerprint density at radius 1 is 1.16 bits per heavy atom. The summed E-state index contributed by atoms with van der Waals surface area (Å²) in [5, 5.41) is 3.27. The number of hydrogen-bond acceptors (Lipinski definition) is 3. The van der Waals surface area contributed by atoms with Gasteiger partial charge in [-0.15, -0.1) is 0 Å². The summed E-state index contributed by atoms with van der Waals surface area (Å²) in [5.41, 5.74) is 1.35. The Morgan fingerprint density at radius 2 is 1.88 bits per heavy atom. The van der Waals surface area contributed by atoms with Crippen LogP contribution in [0.15, 0.2) is 30.3 Å². The highest BCUT2D eigenvalue weighted by molar-refractivity contribution is 5.75. The maximum Gasteiger partial charge on any atom is 0.317 e. The summed E-state index contributed by atoms with van der Waals surface area (Å²) in [7, 11) is 2.15. The fraction of sp³-hybridized carbons (Fsp3) is 0.650. The molecule has 2 aliphatic heterocycles. The van der Waals surface area contributed by atoms with Crippen LogP contribution in [0.4, 0.5) is 4.79 Å². The summed E-state index contributed by atoms with van der Waals surface area (Å²) in [4.78, 5) is 19.6. The Morgan fingerprint density at radius 3 is 2.56 bits per heavy atom. The number of rotatable bonds is 5. The summed E-state index contributed by atoms with van der Waals surface area (Å²) >= 11 is 0. The monoisotopic (exact) mass is 344 g/mol. The van der Waals surface area contributed by atoms with Crippen molar-refractivity contribution in [1.82, 2.24) is 20.0 Å². The summed E-state index contributed by atoms with van der Waals surface area (Å²) in [6.45, 7) is 8.04. The lowest BCUT2D eigenvalue weighted by atomic mass is 10.1. The summed E-state index contributed by atoms with van der Waals surface area (Å²) in [5.74, 6) is 0. The van der Waals surface area contributed by atoms with Crippen molar-refractivity contribution in [3.63, 3.8) is 0 Å². The van der Waals surface area contributed by atoms with Crippen LogP contribution in [0.25, 0.3) is 0 Å². The molecule has 0 radical (unpaired) electrons. The van der Waals surface area contributed by atoms with Crippen molar-refractivity contribution in [2.45, 2.75) is 44.8 Å². The van der Waals surface area contributed by atoms with Crippen molar-refractivity contribution >= 4 is 6.03 Å². The molecule has 1 aromatic rings. The molecule has 2 heterocycles. The van der Waals surface area contributed by atoms with Crippen LogP contribution < -0.4 is 5.32 Å². The lowest BCUT2D eigenvalue weighted by molar-refractivity contribution is 0.164. The Kier molecular flexibility index (Phi) is 6.32. The van der Waals surface area contributed by atoms with Gasteiger partial charge >= 0.3 is 6.03 Å². The number of nitrogens with one attached hydrogen (secondary N) is 1. The number of benzene rings is 1. The highest BCUT2D eigenvalue weighted by Gasteiger charge is 2.31. The molecule has 0 bridgehead atoms. The molecule has 1 aromatic carbocycles. The van der Waals surface area contributed by atoms with Gasteiger partial charge in [0.15, 0.2) is 0 Å². The van der Waals surface area contributed by atoms with Crippen molar-refractivity contribution in [1.29, 1.82) is 0 Å². The Hall–Kier alpha value is -1.59. The average Bonchev–Trinajstić information content (AvgIpc) is 3.06. The van der Waals surface area contributed by atoms with Crippen molar-refractivity contribution < 1.29 is 4.79 Å². The number of nitrogens with zero attached hydrogens (tertiary/aromatic N) is 3. The van der Waals surface area contributed by atoms with E-state index in [4.69, 9.17) is 0 Å². The normalized spacial score (nSPS) is 22.9. The number of likely N-dealkylation sites (N-methyl/N-ethyl adjacent to an activating group) is 1. The first-order valence-corrected chi connectivity index (χ1v) is 9.67. The SMILES string of the molecule is CCN(C(=O)NC1CCN(C)CC1)C1CCN(Cc2ccccc2)C1. The first-order valence-electron chi connectivity index (χ1n) is 9.67. The van der Waals surface area contributed by atoms with Gasteiger partial charge in [-0.1, -0.05) is 30.3 Å². The lowest BCUT2D eigenvalue weighted by Gasteiger charge is -2.33. The van der Waals surface area contributed by atoms with Crippen LogP contribution in [0.2, 0.25) is 0 Å². The van der Waals surface area contributed by atoms with Gasteiger partial charge in [0.1, 0.15) is 0 Å². The van der Waals surface area contributed by atoms with Gasteiger partial charge in [-0.05, 0) is 51.9 Å². The first-order chi connectivity index (χ1) is 12.2. The fourth-order valence-electron chi connectivity index (χ4n) is 4.03. The molecule has 2 fully saturated rings. The molecule has 2 aliphatic rings. The number of carbonyl (C=O) groups excluding carboxylic acids is 1. The maximum absolute atomic E-state index is 12.8. The Labute approximate surface area is 152 Å². The molecule has 0 saturated carbocycles. The standard InChI is InChI=1S/C20H32N4O/c1-3-24(20(25)21-18-9-12-22(2)13-10-18)19-11-14-23(16-19)15-17-7-5-4-6-8-17/h4-8,18-19H,3,9-16H2,1-2H3,(H,21,25). The van der Waals surface area contributed by atoms with Gasteiger partial charge in [-0.2, -0.15) is 0 Å². The van der Waals surface area contributed by atoms with Crippen LogP contribution in [-0.2, 0) is 6.54 Å². The molecule has 138 valence electrons. The topological polar surface area (TPSA) is 38.8 Å². The Bertz CT molecular complexity index is 542. The number of urea groups is 1. The molecule has 1 unspecified atom stereocenters. The molecule has 0 aromatic heterocycles. The molecule has 5 nitrogen and oxygen atoms in total. The van der Waals surface area contributed by atoms with E-state index in [1.54, 1.807) is 0 Å². The van der Waals surface area contributed by atoms with Crippen LogP contribution >= 0.6 is 0 Å². The van der Waals surface area contributed by atoms with Crippen LogP contribution in [0, 0.1) is 0 Å². The Balaban J connectivity index is 1.50. The second-order valence-corrected chi connectivity index (χ2v) is 7.48. The van der Waals surface area contributed by atoms with E-state index in [2.05, 4.69) is 59.4 Å². The van der Waals surface area contributed by atoms with Crippen LogP contribution in [0.3, 0.4) is 0 Å². The van der Waals surface area contributed by atoms with Crippen LogP contribution in [0.5, 0.6) is 0 Å². The molecule has 2 amide bonds. The van der Waals surface area contributed by atoms with E-state index >= 15 is 0 Å². The van der Waals surface area contributed by atoms with Gasteiger partial charge in [-0.25, -0.2) is 4.79 Å². The summed E-state index contributed by atoms with van der Waals surface area (Å²) in [6.07, 6.45) is 3.19. The lowest BCUT2D eigenvalue weighted by Crippen LogP contribution is -2.52. The third kappa shape index (κ3) is 4.95. The van der Waals surface area contributed by atoms with E-state index in [0.717, 1.165) is 58.5 Å². The number of hydrogen-bond donors (Lipinski definition) is 1. The van der Waals surface area contributed by atoms with Crippen LogP contribution in [-0.4, -0.2) is 72.6 Å². The fourth-order valence-corrected chi connectivity index (χ4v) is 4.03.